The number of hydrogen-bond donors (Lipinski definition) is 2. The Labute approximate surface area is 158 Å². The number of rotatable bonds is 4. The molecule has 138 valence electrons. The summed E-state index contributed by atoms with van der Waals surface area (Å²) in [6.45, 7) is 1.64. The van der Waals surface area contributed by atoms with E-state index in [9.17, 15) is 17.6 Å². The van der Waals surface area contributed by atoms with Crippen molar-refractivity contribution in [2.75, 3.05) is 7.05 Å². The third-order valence-corrected chi connectivity index (χ3v) is 3.03. The first-order valence-electron chi connectivity index (χ1n) is 6.89. The van der Waals surface area contributed by atoms with Gasteiger partial charge in [0.1, 0.15) is 5.82 Å². The second-order valence-corrected chi connectivity index (χ2v) is 4.81. The minimum Gasteiger partial charge on any atom is -0.352 e. The van der Waals surface area contributed by atoms with Crippen LogP contribution in [-0.2, 0) is 19.3 Å². The van der Waals surface area contributed by atoms with Crippen LogP contribution in [0.1, 0.15) is 22.8 Å². The number of alkyl halides is 3. The fourth-order valence-corrected chi connectivity index (χ4v) is 1.94. The molecule has 0 fully saturated rings. The fourth-order valence-electron chi connectivity index (χ4n) is 1.94. The van der Waals surface area contributed by atoms with E-state index in [1.807, 2.05) is 0 Å². The van der Waals surface area contributed by atoms with E-state index < -0.39 is 17.6 Å². The number of nitrogens with zero attached hydrogens (tertiary/aromatic N) is 3. The van der Waals surface area contributed by atoms with Gasteiger partial charge in [-0.05, 0) is 17.7 Å². The maximum atomic E-state index is 13.1. The molecule has 1 heterocycles. The van der Waals surface area contributed by atoms with Gasteiger partial charge in [-0.3, -0.25) is 4.99 Å². The van der Waals surface area contributed by atoms with Crippen molar-refractivity contribution < 1.29 is 22.1 Å². The van der Waals surface area contributed by atoms with Crippen molar-refractivity contribution in [2.45, 2.75) is 26.2 Å². The maximum Gasteiger partial charge on any atom is 0.416 e. The third-order valence-electron chi connectivity index (χ3n) is 3.03. The van der Waals surface area contributed by atoms with Crippen molar-refractivity contribution in [1.29, 1.82) is 0 Å². The van der Waals surface area contributed by atoms with Crippen LogP contribution >= 0.6 is 24.0 Å². The third kappa shape index (κ3) is 6.14. The van der Waals surface area contributed by atoms with Crippen LogP contribution < -0.4 is 10.6 Å². The molecule has 0 spiro atoms. The normalized spacial score (nSPS) is 11.8. The summed E-state index contributed by atoms with van der Waals surface area (Å²) >= 11 is 0. The lowest BCUT2D eigenvalue weighted by atomic mass is 10.1. The molecule has 0 aliphatic heterocycles. The van der Waals surface area contributed by atoms with E-state index in [1.165, 1.54) is 7.05 Å². The molecule has 0 amide bonds. The van der Waals surface area contributed by atoms with Gasteiger partial charge in [0, 0.05) is 20.5 Å². The highest BCUT2D eigenvalue weighted by Gasteiger charge is 2.33. The van der Waals surface area contributed by atoms with Gasteiger partial charge in [0.2, 0.25) is 5.89 Å². The largest absolute Gasteiger partial charge is 0.416 e. The van der Waals surface area contributed by atoms with Crippen LogP contribution in [0, 0.1) is 12.7 Å². The molecular formula is C14H16F4IN5O. The highest BCUT2D eigenvalue weighted by atomic mass is 127. The van der Waals surface area contributed by atoms with Crippen molar-refractivity contribution in [3.63, 3.8) is 0 Å². The zero-order chi connectivity index (χ0) is 17.7. The molecule has 2 rings (SSSR count). The first-order chi connectivity index (χ1) is 11.3. The van der Waals surface area contributed by atoms with Crippen molar-refractivity contribution in [2.24, 2.45) is 4.99 Å². The topological polar surface area (TPSA) is 75.3 Å². The Morgan fingerprint density at radius 3 is 2.48 bits per heavy atom. The van der Waals surface area contributed by atoms with E-state index in [0.29, 0.717) is 17.8 Å². The zero-order valence-electron chi connectivity index (χ0n) is 13.3. The Morgan fingerprint density at radius 1 is 1.24 bits per heavy atom. The van der Waals surface area contributed by atoms with Gasteiger partial charge in [-0.15, -0.1) is 24.0 Å². The summed E-state index contributed by atoms with van der Waals surface area (Å²) in [7, 11) is 1.46. The number of aliphatic imine (C=N–C) groups is 1. The van der Waals surface area contributed by atoms with Gasteiger partial charge >= 0.3 is 6.18 Å². The number of nitrogens with one attached hydrogen (secondary N) is 2. The molecule has 0 unspecified atom stereocenters. The lowest BCUT2D eigenvalue weighted by molar-refractivity contribution is -0.138. The maximum absolute atomic E-state index is 13.1. The molecule has 1 aromatic carbocycles. The number of hydrogen-bond acceptors (Lipinski definition) is 4. The highest BCUT2D eigenvalue weighted by molar-refractivity contribution is 14.0. The number of benzene rings is 1. The Bertz CT molecular complexity index is 732. The smallest absolute Gasteiger partial charge is 0.352 e. The van der Waals surface area contributed by atoms with Gasteiger partial charge in [-0.1, -0.05) is 11.2 Å². The molecule has 2 aromatic rings. The SMILES string of the molecule is CN=C(NCc1noc(C)n1)NCc1ccc(F)cc1C(F)(F)F.I. The van der Waals surface area contributed by atoms with Crippen molar-refractivity contribution in [3.05, 3.63) is 46.9 Å². The predicted octanol–water partition coefficient (Wildman–Crippen LogP) is 3.02. The molecule has 25 heavy (non-hydrogen) atoms. The van der Waals surface area contributed by atoms with Gasteiger partial charge in [0.05, 0.1) is 12.1 Å². The molecule has 1 aromatic heterocycles. The quantitative estimate of drug-likeness (QED) is 0.309. The zero-order valence-corrected chi connectivity index (χ0v) is 15.6. The lowest BCUT2D eigenvalue weighted by Gasteiger charge is -2.15. The van der Waals surface area contributed by atoms with Crippen molar-refractivity contribution >= 4 is 29.9 Å². The average molecular weight is 473 g/mol. The average Bonchev–Trinajstić information content (AvgIpc) is 2.93. The van der Waals surface area contributed by atoms with Crippen LogP contribution in [0.25, 0.3) is 0 Å². The van der Waals surface area contributed by atoms with Crippen molar-refractivity contribution in [1.82, 2.24) is 20.8 Å². The minimum atomic E-state index is -4.64. The molecule has 2 N–H and O–H groups in total. The molecule has 0 saturated carbocycles. The monoisotopic (exact) mass is 473 g/mol. The first-order valence-corrected chi connectivity index (χ1v) is 6.89. The predicted molar refractivity (Wildman–Crippen MR) is 92.9 cm³/mol. The molecule has 0 radical (unpaired) electrons. The van der Waals surface area contributed by atoms with Gasteiger partial charge in [0.25, 0.3) is 0 Å². The molecule has 0 aliphatic carbocycles. The van der Waals surface area contributed by atoms with E-state index in [-0.39, 0.29) is 48.6 Å². The molecule has 6 nitrogen and oxygen atoms in total. The Kier molecular flexibility index (Phi) is 7.58. The molecule has 0 atom stereocenters. The summed E-state index contributed by atoms with van der Waals surface area (Å²) in [6.07, 6.45) is -4.64. The fraction of sp³-hybridized carbons (Fsp3) is 0.357. The number of aryl methyl sites for hydroxylation is 1. The van der Waals surface area contributed by atoms with Gasteiger partial charge in [-0.25, -0.2) is 4.39 Å². The van der Waals surface area contributed by atoms with Crippen molar-refractivity contribution in [3.8, 4) is 0 Å². The molecule has 0 saturated heterocycles. The van der Waals surface area contributed by atoms with Crippen LogP contribution in [0.4, 0.5) is 17.6 Å². The molecule has 11 heteroatoms. The second kappa shape index (κ2) is 8.97. The van der Waals surface area contributed by atoms with E-state index in [4.69, 9.17) is 4.52 Å². The van der Waals surface area contributed by atoms with Gasteiger partial charge in [-0.2, -0.15) is 18.2 Å². The minimum absolute atomic E-state index is 0. The standard InChI is InChI=1S/C14H15F4N5O.HI/c1-8-22-12(23-24-8)7-21-13(19-2)20-6-9-3-4-10(15)5-11(9)14(16,17)18;/h3-5H,6-7H2,1-2H3,(H2,19,20,21);1H. The van der Waals surface area contributed by atoms with Gasteiger partial charge < -0.3 is 15.2 Å². The summed E-state index contributed by atoms with van der Waals surface area (Å²) in [5, 5.41) is 9.24. The Balaban J connectivity index is 0.00000312. The van der Waals surface area contributed by atoms with E-state index >= 15 is 0 Å². The highest BCUT2D eigenvalue weighted by Crippen LogP contribution is 2.32. The number of halogens is 5. The van der Waals surface area contributed by atoms with Crippen LogP contribution in [0.15, 0.2) is 27.7 Å². The summed E-state index contributed by atoms with van der Waals surface area (Å²) in [4.78, 5) is 7.87. The summed E-state index contributed by atoms with van der Waals surface area (Å²) in [5.41, 5.74) is -1.12. The molecule has 0 bridgehead atoms. The van der Waals surface area contributed by atoms with Crippen LogP contribution in [0.2, 0.25) is 0 Å². The second-order valence-electron chi connectivity index (χ2n) is 4.81. The molecular weight excluding hydrogens is 457 g/mol. The Morgan fingerprint density at radius 2 is 1.92 bits per heavy atom. The van der Waals surface area contributed by atoms with Gasteiger partial charge in [0.15, 0.2) is 11.8 Å². The van der Waals surface area contributed by atoms with Crippen LogP contribution in [0.5, 0.6) is 0 Å². The van der Waals surface area contributed by atoms with E-state index in [1.54, 1.807) is 6.92 Å². The summed E-state index contributed by atoms with van der Waals surface area (Å²) in [6, 6.07) is 2.53. The molecule has 0 aliphatic rings. The summed E-state index contributed by atoms with van der Waals surface area (Å²) < 4.78 is 56.7. The number of aromatic nitrogens is 2. The van der Waals surface area contributed by atoms with Crippen LogP contribution in [-0.4, -0.2) is 23.1 Å². The van der Waals surface area contributed by atoms with Crippen LogP contribution in [0.3, 0.4) is 0 Å². The first kappa shape index (κ1) is 21.1. The Hall–Kier alpha value is -1.92. The summed E-state index contributed by atoms with van der Waals surface area (Å²) in [5.74, 6) is 0.0834. The van der Waals surface area contributed by atoms with E-state index in [0.717, 1.165) is 12.1 Å². The lowest BCUT2D eigenvalue weighted by Crippen LogP contribution is -2.37. The number of guanidine groups is 1. The van der Waals surface area contributed by atoms with E-state index in [2.05, 4.69) is 25.8 Å².